The summed E-state index contributed by atoms with van der Waals surface area (Å²) in [6.45, 7) is 3.05. The highest BCUT2D eigenvalue weighted by atomic mass is 32.2. The van der Waals surface area contributed by atoms with E-state index in [1.54, 1.807) is 18.3 Å². The van der Waals surface area contributed by atoms with Crippen LogP contribution >= 0.6 is 0 Å². The molecule has 0 radical (unpaired) electrons. The average Bonchev–Trinajstić information content (AvgIpc) is 2.70. The lowest BCUT2D eigenvalue weighted by Gasteiger charge is -2.25. The minimum atomic E-state index is -3.57. The van der Waals surface area contributed by atoms with Crippen LogP contribution in [0.1, 0.15) is 40.7 Å². The van der Waals surface area contributed by atoms with Crippen LogP contribution in [0.3, 0.4) is 0 Å². The van der Waals surface area contributed by atoms with E-state index < -0.39 is 15.9 Å². The normalized spacial score (nSPS) is 15.7. The smallest absolute Gasteiger partial charge is 0.267 e. The Morgan fingerprint density at radius 2 is 1.78 bits per heavy atom. The van der Waals surface area contributed by atoms with Crippen molar-refractivity contribution < 1.29 is 13.2 Å². The Kier molecular flexibility index (Phi) is 6.03. The van der Waals surface area contributed by atoms with Gasteiger partial charge in [-0.2, -0.15) is 9.41 Å². The molecule has 1 aliphatic heterocycles. The fourth-order valence-corrected chi connectivity index (χ4v) is 4.50. The van der Waals surface area contributed by atoms with Gasteiger partial charge < -0.3 is 0 Å². The highest BCUT2D eigenvalue weighted by Crippen LogP contribution is 2.21. The van der Waals surface area contributed by atoms with Gasteiger partial charge in [-0.15, -0.1) is 0 Å². The van der Waals surface area contributed by atoms with E-state index in [0.29, 0.717) is 13.1 Å². The molecule has 1 heterocycles. The second-order valence-corrected chi connectivity index (χ2v) is 8.54. The molecule has 0 atom stereocenters. The maximum Gasteiger partial charge on any atom is 0.271 e. The van der Waals surface area contributed by atoms with E-state index in [-0.39, 0.29) is 10.5 Å². The van der Waals surface area contributed by atoms with E-state index in [9.17, 15) is 13.2 Å². The molecule has 27 heavy (non-hydrogen) atoms. The van der Waals surface area contributed by atoms with Crippen molar-refractivity contribution >= 4 is 22.1 Å². The average molecular weight is 385 g/mol. The van der Waals surface area contributed by atoms with Crippen LogP contribution in [0.15, 0.2) is 58.5 Å². The van der Waals surface area contributed by atoms with Gasteiger partial charge in [-0.05, 0) is 43.5 Å². The number of nitrogens with one attached hydrogen (secondary N) is 1. The number of sulfonamides is 1. The number of piperidine rings is 1. The second kappa shape index (κ2) is 8.45. The number of hydrogen-bond donors (Lipinski definition) is 1. The molecule has 0 spiro atoms. The van der Waals surface area contributed by atoms with Crippen LogP contribution in [-0.4, -0.2) is 37.9 Å². The van der Waals surface area contributed by atoms with Crippen LogP contribution in [0.25, 0.3) is 0 Å². The molecule has 1 aliphatic rings. The third-order valence-corrected chi connectivity index (χ3v) is 6.40. The van der Waals surface area contributed by atoms with Crippen LogP contribution in [0.4, 0.5) is 0 Å². The molecule has 1 saturated heterocycles. The van der Waals surface area contributed by atoms with Crippen molar-refractivity contribution in [2.45, 2.75) is 31.1 Å². The van der Waals surface area contributed by atoms with Crippen molar-refractivity contribution in [3.8, 4) is 0 Å². The fraction of sp³-hybridized carbons (Fsp3) is 0.300. The number of amides is 1. The molecule has 1 fully saturated rings. The summed E-state index contributed by atoms with van der Waals surface area (Å²) in [6.07, 6.45) is 4.33. The molecule has 6 nitrogen and oxygen atoms in total. The van der Waals surface area contributed by atoms with Gasteiger partial charge in [0, 0.05) is 18.7 Å². The van der Waals surface area contributed by atoms with Crippen molar-refractivity contribution in [2.75, 3.05) is 13.1 Å². The SMILES string of the molecule is Cc1ccc(/C=N/NC(=O)c2cccc(S(=O)(=O)N3CCCCC3)c2)cc1. The van der Waals surface area contributed by atoms with Crippen LogP contribution in [0, 0.1) is 6.92 Å². The zero-order chi connectivity index (χ0) is 19.3. The molecular formula is C20H23N3O3S. The fourth-order valence-electron chi connectivity index (χ4n) is 2.93. The quantitative estimate of drug-likeness (QED) is 0.635. The van der Waals surface area contributed by atoms with Gasteiger partial charge in [0.1, 0.15) is 0 Å². The molecule has 0 aromatic heterocycles. The Labute approximate surface area is 159 Å². The maximum atomic E-state index is 12.8. The summed E-state index contributed by atoms with van der Waals surface area (Å²) in [5.41, 5.74) is 4.71. The molecule has 2 aromatic rings. The number of carbonyl (C=O) groups excluding carboxylic acids is 1. The van der Waals surface area contributed by atoms with Gasteiger partial charge in [-0.3, -0.25) is 4.79 Å². The Morgan fingerprint density at radius 1 is 1.07 bits per heavy atom. The van der Waals surface area contributed by atoms with Crippen LogP contribution in [0.2, 0.25) is 0 Å². The lowest BCUT2D eigenvalue weighted by atomic mass is 10.2. The van der Waals surface area contributed by atoms with Crippen LogP contribution in [0.5, 0.6) is 0 Å². The van der Waals surface area contributed by atoms with Gasteiger partial charge in [-0.1, -0.05) is 42.3 Å². The van der Waals surface area contributed by atoms with E-state index in [1.165, 1.54) is 16.4 Å². The third kappa shape index (κ3) is 4.81. The zero-order valence-corrected chi connectivity index (χ0v) is 16.1. The molecule has 3 rings (SSSR count). The largest absolute Gasteiger partial charge is 0.271 e. The summed E-state index contributed by atoms with van der Waals surface area (Å²) in [4.78, 5) is 12.4. The number of nitrogens with zero attached hydrogens (tertiary/aromatic N) is 2. The topological polar surface area (TPSA) is 78.8 Å². The summed E-state index contributed by atoms with van der Waals surface area (Å²) < 4.78 is 27.0. The molecule has 0 aliphatic carbocycles. The van der Waals surface area contributed by atoms with Crippen molar-refractivity contribution in [1.82, 2.24) is 9.73 Å². The van der Waals surface area contributed by atoms with Crippen molar-refractivity contribution in [1.29, 1.82) is 0 Å². The minimum absolute atomic E-state index is 0.138. The molecule has 142 valence electrons. The minimum Gasteiger partial charge on any atom is -0.267 e. The van der Waals surface area contributed by atoms with Gasteiger partial charge >= 0.3 is 0 Å². The van der Waals surface area contributed by atoms with Crippen LogP contribution in [-0.2, 0) is 10.0 Å². The van der Waals surface area contributed by atoms with Gasteiger partial charge in [-0.25, -0.2) is 13.8 Å². The molecule has 0 unspecified atom stereocenters. The molecular weight excluding hydrogens is 362 g/mol. The van der Waals surface area contributed by atoms with E-state index in [1.807, 2.05) is 31.2 Å². The van der Waals surface area contributed by atoms with E-state index in [2.05, 4.69) is 10.5 Å². The third-order valence-electron chi connectivity index (χ3n) is 4.51. The predicted octanol–water partition coefficient (Wildman–Crippen LogP) is 2.93. The number of benzene rings is 2. The standard InChI is InChI=1S/C20H23N3O3S/c1-16-8-10-17(11-9-16)15-21-22-20(24)18-6-5-7-19(14-18)27(25,26)23-12-3-2-4-13-23/h5-11,14-15H,2-4,12-13H2,1H3,(H,22,24)/b21-15+. The lowest BCUT2D eigenvalue weighted by Crippen LogP contribution is -2.35. The van der Waals surface area contributed by atoms with Gasteiger partial charge in [0.15, 0.2) is 0 Å². The molecule has 2 aromatic carbocycles. The first-order valence-corrected chi connectivity index (χ1v) is 10.4. The summed E-state index contributed by atoms with van der Waals surface area (Å²) in [5.74, 6) is -0.450. The Bertz CT molecular complexity index is 931. The van der Waals surface area contributed by atoms with E-state index in [4.69, 9.17) is 0 Å². The molecule has 1 amide bonds. The summed E-state index contributed by atoms with van der Waals surface area (Å²) in [5, 5.41) is 3.94. The Hall–Kier alpha value is -2.51. The number of hydrazone groups is 1. The molecule has 1 N–H and O–H groups in total. The van der Waals surface area contributed by atoms with E-state index in [0.717, 1.165) is 30.4 Å². The molecule has 7 heteroatoms. The first-order valence-electron chi connectivity index (χ1n) is 8.97. The van der Waals surface area contributed by atoms with Crippen molar-refractivity contribution in [3.05, 3.63) is 65.2 Å². The second-order valence-electron chi connectivity index (χ2n) is 6.60. The van der Waals surface area contributed by atoms with Gasteiger partial charge in [0.25, 0.3) is 5.91 Å². The molecule has 0 saturated carbocycles. The Balaban J connectivity index is 1.70. The summed E-state index contributed by atoms with van der Waals surface area (Å²) in [6, 6.07) is 13.8. The molecule has 0 bridgehead atoms. The zero-order valence-electron chi connectivity index (χ0n) is 15.3. The lowest BCUT2D eigenvalue weighted by molar-refractivity contribution is 0.0955. The number of hydrogen-bond acceptors (Lipinski definition) is 4. The maximum absolute atomic E-state index is 12.8. The highest BCUT2D eigenvalue weighted by Gasteiger charge is 2.26. The number of carbonyl (C=O) groups is 1. The first kappa shape index (κ1) is 19.3. The van der Waals surface area contributed by atoms with Gasteiger partial charge in [0.2, 0.25) is 10.0 Å². The summed E-state index contributed by atoms with van der Waals surface area (Å²) >= 11 is 0. The van der Waals surface area contributed by atoms with Crippen LogP contribution < -0.4 is 5.43 Å². The van der Waals surface area contributed by atoms with Gasteiger partial charge in [0.05, 0.1) is 11.1 Å². The highest BCUT2D eigenvalue weighted by molar-refractivity contribution is 7.89. The predicted molar refractivity (Wildman–Crippen MR) is 105 cm³/mol. The number of rotatable bonds is 5. The van der Waals surface area contributed by atoms with Crippen molar-refractivity contribution in [3.63, 3.8) is 0 Å². The summed E-state index contributed by atoms with van der Waals surface area (Å²) in [7, 11) is -3.57. The number of aryl methyl sites for hydroxylation is 1. The monoisotopic (exact) mass is 385 g/mol. The Morgan fingerprint density at radius 3 is 2.48 bits per heavy atom. The van der Waals surface area contributed by atoms with Crippen molar-refractivity contribution in [2.24, 2.45) is 5.10 Å². The first-order chi connectivity index (χ1) is 13.0. The van der Waals surface area contributed by atoms with E-state index >= 15 is 0 Å².